The Morgan fingerprint density at radius 3 is 2.64 bits per heavy atom. The number of fused-ring (bicyclic) bond motifs is 1. The predicted octanol–water partition coefficient (Wildman–Crippen LogP) is 8.53. The second-order valence-electron chi connectivity index (χ2n) is 11.3. The molecule has 1 N–H and O–H groups in total. The predicted molar refractivity (Wildman–Crippen MR) is 164 cm³/mol. The van der Waals surface area contributed by atoms with Crippen LogP contribution >= 0.6 is 23.2 Å². The van der Waals surface area contributed by atoms with E-state index in [1.807, 2.05) is 35.9 Å². The maximum atomic E-state index is 15.6. The highest BCUT2D eigenvalue weighted by Gasteiger charge is 2.22. The number of hydrogen-bond donors (Lipinski definition) is 1. The Kier molecular flexibility index (Phi) is 9.47. The molecule has 222 valence electrons. The minimum atomic E-state index is -0.717. The number of pyridine rings is 2. The van der Waals surface area contributed by atoms with Gasteiger partial charge < -0.3 is 14.6 Å². The molecule has 1 aliphatic heterocycles. The Morgan fingerprint density at radius 1 is 1.19 bits per heavy atom. The number of ether oxygens (including phenoxy) is 2. The number of benzene rings is 1. The van der Waals surface area contributed by atoms with Gasteiger partial charge in [-0.15, -0.1) is 0 Å². The highest BCUT2D eigenvalue weighted by atomic mass is 35.5. The second kappa shape index (κ2) is 13.1. The summed E-state index contributed by atoms with van der Waals surface area (Å²) in [4.78, 5) is 8.45. The molecule has 4 aromatic rings. The zero-order chi connectivity index (χ0) is 29.9. The van der Waals surface area contributed by atoms with Gasteiger partial charge in [0.15, 0.2) is 6.23 Å². The molecule has 2 atom stereocenters. The lowest BCUT2D eigenvalue weighted by Crippen LogP contribution is -2.19. The normalized spacial score (nSPS) is 17.0. The highest BCUT2D eigenvalue weighted by molar-refractivity contribution is 6.35. The Labute approximate surface area is 255 Å². The monoisotopic (exact) mass is 612 g/mol. The third-order valence-corrected chi connectivity index (χ3v) is 7.93. The fourth-order valence-electron chi connectivity index (χ4n) is 5.15. The van der Waals surface area contributed by atoms with Crippen LogP contribution in [0.5, 0.6) is 5.75 Å². The van der Waals surface area contributed by atoms with Crippen molar-refractivity contribution in [1.29, 1.82) is 0 Å². The number of aryl methyl sites for hydroxylation is 1. The molecule has 0 spiro atoms. The van der Waals surface area contributed by atoms with E-state index in [0.717, 1.165) is 42.3 Å². The molecular weight excluding hydrogens is 578 g/mol. The van der Waals surface area contributed by atoms with E-state index in [1.165, 1.54) is 24.7 Å². The van der Waals surface area contributed by atoms with Gasteiger partial charge in [0, 0.05) is 53.5 Å². The molecular formula is C32H35Cl2FN4O3. The molecule has 3 aromatic heterocycles. The van der Waals surface area contributed by atoms with Crippen molar-refractivity contribution in [2.24, 2.45) is 0 Å². The molecule has 5 rings (SSSR count). The molecule has 0 aliphatic carbocycles. The zero-order valence-corrected chi connectivity index (χ0v) is 25.5. The summed E-state index contributed by atoms with van der Waals surface area (Å²) in [6.45, 7) is 6.10. The lowest BCUT2D eigenvalue weighted by molar-refractivity contribution is -0.0367. The molecule has 1 fully saturated rings. The number of aromatic nitrogens is 4. The average molecular weight is 614 g/mol. The summed E-state index contributed by atoms with van der Waals surface area (Å²) in [5, 5.41) is 16.3. The average Bonchev–Trinajstić information content (AvgIpc) is 3.30. The first kappa shape index (κ1) is 30.4. The molecule has 0 radical (unpaired) electrons. The summed E-state index contributed by atoms with van der Waals surface area (Å²) in [7, 11) is 0. The molecule has 42 heavy (non-hydrogen) atoms. The van der Waals surface area contributed by atoms with Gasteiger partial charge in [0.25, 0.3) is 0 Å². The van der Waals surface area contributed by atoms with Gasteiger partial charge in [-0.3, -0.25) is 9.97 Å². The van der Waals surface area contributed by atoms with Crippen LogP contribution in [0.3, 0.4) is 0 Å². The summed E-state index contributed by atoms with van der Waals surface area (Å²) in [6, 6.07) is 9.16. The lowest BCUT2D eigenvalue weighted by Gasteiger charge is -2.23. The summed E-state index contributed by atoms with van der Waals surface area (Å²) in [5.74, 6) is 0.117. The Bertz CT molecular complexity index is 1540. The second-order valence-corrected chi connectivity index (χ2v) is 12.1. The van der Waals surface area contributed by atoms with Crippen molar-refractivity contribution in [2.45, 2.75) is 77.2 Å². The SMILES string of the molecule is C[C@@H](Oc1ccc2c(c1)c(/C=C(\F)c1ccc(CCCC(C)(C)O)nc1)nn2C1CCCCO1)c1c(Cl)cncc1Cl. The van der Waals surface area contributed by atoms with Gasteiger partial charge in [-0.2, -0.15) is 5.10 Å². The number of hydrogen-bond acceptors (Lipinski definition) is 6. The van der Waals surface area contributed by atoms with Crippen LogP contribution in [-0.4, -0.2) is 37.1 Å². The fourth-order valence-corrected chi connectivity index (χ4v) is 5.82. The van der Waals surface area contributed by atoms with Crippen LogP contribution in [-0.2, 0) is 11.2 Å². The minimum Gasteiger partial charge on any atom is -0.486 e. The number of halogens is 3. The molecule has 1 unspecified atom stereocenters. The van der Waals surface area contributed by atoms with Crippen LogP contribution in [0.2, 0.25) is 10.0 Å². The Hall–Kier alpha value is -3.04. The van der Waals surface area contributed by atoms with Gasteiger partial charge in [0.2, 0.25) is 0 Å². The van der Waals surface area contributed by atoms with E-state index in [0.29, 0.717) is 52.1 Å². The lowest BCUT2D eigenvalue weighted by atomic mass is 10.0. The summed E-state index contributed by atoms with van der Waals surface area (Å²) in [5.41, 5.74) is 2.42. The molecule has 0 bridgehead atoms. The topological polar surface area (TPSA) is 82.3 Å². The smallest absolute Gasteiger partial charge is 0.150 e. The number of aliphatic hydroxyl groups is 1. The van der Waals surface area contributed by atoms with Crippen LogP contribution in [0.4, 0.5) is 4.39 Å². The van der Waals surface area contributed by atoms with Gasteiger partial charge in [-0.05, 0) is 89.6 Å². The van der Waals surface area contributed by atoms with E-state index in [9.17, 15) is 5.11 Å². The molecule has 1 aliphatic rings. The molecule has 1 saturated heterocycles. The summed E-state index contributed by atoms with van der Waals surface area (Å²) < 4.78 is 29.7. The van der Waals surface area contributed by atoms with Gasteiger partial charge in [-0.1, -0.05) is 23.2 Å². The van der Waals surface area contributed by atoms with Crippen molar-refractivity contribution in [2.75, 3.05) is 6.61 Å². The van der Waals surface area contributed by atoms with Crippen LogP contribution in [0.1, 0.15) is 87.7 Å². The van der Waals surface area contributed by atoms with Crippen molar-refractivity contribution in [3.05, 3.63) is 81.5 Å². The quantitative estimate of drug-likeness (QED) is 0.193. The van der Waals surface area contributed by atoms with Crippen molar-refractivity contribution in [3.8, 4) is 5.75 Å². The molecule has 7 nitrogen and oxygen atoms in total. The van der Waals surface area contributed by atoms with Gasteiger partial charge >= 0.3 is 0 Å². The largest absolute Gasteiger partial charge is 0.486 e. The first-order valence-electron chi connectivity index (χ1n) is 14.2. The van der Waals surface area contributed by atoms with E-state index in [2.05, 4.69) is 9.97 Å². The maximum absolute atomic E-state index is 15.6. The van der Waals surface area contributed by atoms with E-state index in [4.69, 9.17) is 37.8 Å². The van der Waals surface area contributed by atoms with Crippen LogP contribution < -0.4 is 4.74 Å². The first-order chi connectivity index (χ1) is 20.1. The molecule has 1 aromatic carbocycles. The van der Waals surface area contributed by atoms with E-state index in [-0.39, 0.29) is 6.23 Å². The molecule has 10 heteroatoms. The van der Waals surface area contributed by atoms with Crippen molar-refractivity contribution in [3.63, 3.8) is 0 Å². The van der Waals surface area contributed by atoms with Crippen LogP contribution in [0, 0.1) is 0 Å². The third kappa shape index (κ3) is 7.29. The summed E-state index contributed by atoms with van der Waals surface area (Å²) >= 11 is 12.7. The zero-order valence-electron chi connectivity index (χ0n) is 24.0. The first-order valence-corrected chi connectivity index (χ1v) is 15.0. The van der Waals surface area contributed by atoms with E-state index in [1.54, 1.807) is 19.9 Å². The van der Waals surface area contributed by atoms with E-state index >= 15 is 4.39 Å². The third-order valence-electron chi connectivity index (χ3n) is 7.33. The van der Waals surface area contributed by atoms with Crippen LogP contribution in [0.25, 0.3) is 22.8 Å². The Morgan fingerprint density at radius 2 is 1.98 bits per heavy atom. The highest BCUT2D eigenvalue weighted by Crippen LogP contribution is 2.36. The number of nitrogens with zero attached hydrogens (tertiary/aromatic N) is 4. The summed E-state index contributed by atoms with van der Waals surface area (Å²) in [6.07, 6.45) is 10.4. The van der Waals surface area contributed by atoms with Crippen LogP contribution in [0.15, 0.2) is 48.9 Å². The van der Waals surface area contributed by atoms with Crippen molar-refractivity contribution < 1.29 is 19.0 Å². The van der Waals surface area contributed by atoms with Gasteiger partial charge in [-0.25, -0.2) is 9.07 Å². The Balaban J connectivity index is 1.44. The fraction of sp³-hybridized carbons (Fsp3) is 0.406. The van der Waals surface area contributed by atoms with Crippen molar-refractivity contribution >= 4 is 46.0 Å². The minimum absolute atomic E-state index is 0.226. The molecule has 0 amide bonds. The van der Waals surface area contributed by atoms with E-state index < -0.39 is 17.5 Å². The van der Waals surface area contributed by atoms with Gasteiger partial charge in [0.1, 0.15) is 17.7 Å². The number of rotatable bonds is 10. The van der Waals surface area contributed by atoms with Gasteiger partial charge in [0.05, 0.1) is 26.9 Å². The molecule has 4 heterocycles. The van der Waals surface area contributed by atoms with Crippen molar-refractivity contribution in [1.82, 2.24) is 19.7 Å². The standard InChI is InChI=1S/C32H35Cl2FN4O3/c1-20(31-25(33)18-36-19-26(31)34)42-23-11-12-29-24(15-23)28(38-39(29)30-8-4-5-14-41-30)16-27(35)21-9-10-22(37-17-21)7-6-13-32(2,3)40/h9-12,15-20,30,40H,4-8,13-14H2,1-3H3/b27-16-/t20-,30?/m1/s1. The maximum Gasteiger partial charge on any atom is 0.150 e. The molecule has 0 saturated carbocycles.